The maximum atomic E-state index is 9.77. The second-order valence-electron chi connectivity index (χ2n) is 4.11. The molecule has 4 nitrogen and oxygen atoms in total. The minimum Gasteiger partial charge on any atom is -0.386 e. The molecule has 1 saturated heterocycles. The van der Waals surface area contributed by atoms with E-state index in [1.165, 1.54) is 0 Å². The molecule has 0 bridgehead atoms. The molecule has 0 aromatic rings. The van der Waals surface area contributed by atoms with Crippen molar-refractivity contribution in [1.82, 2.24) is 0 Å². The topological polar surface area (TPSA) is 47.9 Å². The summed E-state index contributed by atoms with van der Waals surface area (Å²) in [6.07, 6.45) is 0.486. The van der Waals surface area contributed by atoms with E-state index < -0.39 is 11.9 Å². The van der Waals surface area contributed by atoms with Crippen molar-refractivity contribution in [1.29, 1.82) is 1.34 Å². The van der Waals surface area contributed by atoms with E-state index in [0.29, 0.717) is 6.61 Å². The number of rotatable bonds is 4. The van der Waals surface area contributed by atoms with E-state index in [2.05, 4.69) is 0 Å². The van der Waals surface area contributed by atoms with Crippen LogP contribution in [0.3, 0.4) is 0 Å². The monoisotopic (exact) mass is 231 g/mol. The number of fused-ring (bicyclic) bond motifs is 1. The second-order valence-corrected chi connectivity index (χ2v) is 4.54. The smallest absolute Gasteiger partial charge is 0.209 e. The molecule has 0 spiro atoms. The van der Waals surface area contributed by atoms with Gasteiger partial charge in [-0.1, -0.05) is 11.9 Å². The van der Waals surface area contributed by atoms with Crippen molar-refractivity contribution in [3.05, 3.63) is 11.6 Å². The van der Waals surface area contributed by atoms with Crippen LogP contribution in [-0.4, -0.2) is 44.2 Å². The van der Waals surface area contributed by atoms with Crippen LogP contribution in [0.4, 0.5) is 0 Å². The summed E-state index contributed by atoms with van der Waals surface area (Å²) in [5, 5.41) is 9.77. The van der Waals surface area contributed by atoms with E-state index in [4.69, 9.17) is 15.0 Å². The highest BCUT2D eigenvalue weighted by Gasteiger charge is 2.49. The van der Waals surface area contributed by atoms with Crippen molar-refractivity contribution in [2.45, 2.75) is 37.9 Å². The van der Waals surface area contributed by atoms with Gasteiger partial charge in [-0.05, 0) is 26.8 Å². The van der Waals surface area contributed by atoms with Gasteiger partial charge in [0.2, 0.25) is 7.09 Å². The van der Waals surface area contributed by atoms with E-state index in [9.17, 15) is 5.11 Å². The Morgan fingerprint density at radius 2 is 2.53 bits per heavy atom. The third kappa shape index (κ3) is 2.24. The van der Waals surface area contributed by atoms with Crippen molar-refractivity contribution in [2.24, 2.45) is 0 Å². The Morgan fingerprint density at radius 3 is 3.27 bits per heavy atom. The summed E-state index contributed by atoms with van der Waals surface area (Å²) in [6, 6.07) is 0. The summed E-state index contributed by atoms with van der Waals surface area (Å²) < 4.78 is 23.2. The molecule has 0 unspecified atom stereocenters. The summed E-state index contributed by atoms with van der Waals surface area (Å²) in [5.74, 6) is -0.662. The number of ether oxygens (including phenoxy) is 2. The molecule has 15 heavy (non-hydrogen) atoms. The van der Waals surface area contributed by atoms with Crippen molar-refractivity contribution < 1.29 is 18.8 Å². The van der Waals surface area contributed by atoms with Gasteiger partial charge in [0.25, 0.3) is 0 Å². The lowest BCUT2D eigenvalue weighted by Gasteiger charge is -2.18. The van der Waals surface area contributed by atoms with Gasteiger partial charge in [-0.15, -0.1) is 0 Å². The summed E-state index contributed by atoms with van der Waals surface area (Å²) in [5.41, 5.74) is 0.873. The molecule has 6 heteroatoms. The standard InChI is InChI=1S/C9H14BO4S/c1-9(2)13-7-5(4-12-15-10)3-6(11)8(7)14-9/h3,6-8,10-11H,4H2,1-2H3/t6-,7-,8+/m1/s1/i10T. The molecular formula is C9H14BO4S. The molecule has 1 aliphatic heterocycles. The molecule has 1 heterocycles. The van der Waals surface area contributed by atoms with Gasteiger partial charge in [-0.25, -0.2) is 0 Å². The van der Waals surface area contributed by atoms with E-state index in [0.717, 1.165) is 24.6 Å². The van der Waals surface area contributed by atoms with E-state index >= 15 is 0 Å². The normalized spacial score (nSPS) is 38.5. The third-order valence-electron chi connectivity index (χ3n) is 2.51. The molecule has 2 rings (SSSR count). The van der Waals surface area contributed by atoms with Gasteiger partial charge in [-0.2, -0.15) is 0 Å². The van der Waals surface area contributed by atoms with Crippen LogP contribution in [0.2, 0.25) is 0 Å². The highest BCUT2D eigenvalue weighted by Crippen LogP contribution is 2.38. The first-order valence-corrected chi connectivity index (χ1v) is 5.56. The molecule has 1 fully saturated rings. The minimum atomic E-state index is -0.662. The maximum absolute atomic E-state index is 9.77. The fourth-order valence-electron chi connectivity index (χ4n) is 1.97. The predicted octanol–water partition coefficient (Wildman–Crippen LogP) is 0.288. The van der Waals surface area contributed by atoms with Crippen LogP contribution in [0.5, 0.6) is 0 Å². The zero-order valence-corrected chi connectivity index (χ0v) is 9.49. The van der Waals surface area contributed by atoms with E-state index in [-0.39, 0.29) is 12.2 Å². The number of hydrogen-bond donors (Lipinski definition) is 1. The quantitative estimate of drug-likeness (QED) is 0.326. The predicted molar refractivity (Wildman–Crippen MR) is 58.6 cm³/mol. The molecule has 3 atom stereocenters. The van der Waals surface area contributed by atoms with Crippen LogP contribution < -0.4 is 0 Å². The fourth-order valence-corrected chi connectivity index (χ4v) is 2.17. The Labute approximate surface area is 95.8 Å². The molecular weight excluding hydrogens is 215 g/mol. The Balaban J connectivity index is 1.97. The van der Waals surface area contributed by atoms with Crippen LogP contribution in [0.15, 0.2) is 11.6 Å². The average Bonchev–Trinajstić information content (AvgIpc) is 2.64. The molecule has 1 aliphatic carbocycles. The molecule has 0 amide bonds. The average molecular weight is 231 g/mol. The van der Waals surface area contributed by atoms with Gasteiger partial charge in [0.05, 0.1) is 6.61 Å². The van der Waals surface area contributed by atoms with E-state index in [1.54, 1.807) is 6.08 Å². The lowest BCUT2D eigenvalue weighted by Crippen LogP contribution is -2.29. The fraction of sp³-hybridized carbons (Fsp3) is 0.778. The van der Waals surface area contributed by atoms with Crippen LogP contribution in [-0.2, 0) is 13.7 Å². The molecule has 2 aliphatic rings. The van der Waals surface area contributed by atoms with Gasteiger partial charge in [-0.3, -0.25) is 0 Å². The molecule has 1 radical (unpaired) electrons. The third-order valence-corrected chi connectivity index (χ3v) is 2.76. The molecule has 0 saturated carbocycles. The second kappa shape index (κ2) is 4.10. The highest BCUT2D eigenvalue weighted by atomic mass is 32.2. The molecule has 83 valence electrons. The molecule has 0 aromatic heterocycles. The van der Waals surface area contributed by atoms with Crippen LogP contribution in [0, 0.1) is 0 Å². The maximum Gasteiger partial charge on any atom is 0.209 e. The lowest BCUT2D eigenvalue weighted by molar-refractivity contribution is -0.153. The first-order valence-electron chi connectivity index (χ1n) is 5.34. The lowest BCUT2D eigenvalue weighted by atomic mass is 10.1. The van der Waals surface area contributed by atoms with Crippen molar-refractivity contribution >= 4 is 19.0 Å². The largest absolute Gasteiger partial charge is 0.386 e. The zero-order valence-electron chi connectivity index (χ0n) is 9.67. The van der Waals surface area contributed by atoms with Crippen LogP contribution in [0.1, 0.15) is 13.8 Å². The van der Waals surface area contributed by atoms with Crippen molar-refractivity contribution in [3.8, 4) is 0 Å². The molecule has 1 N–H and O–H groups in total. The van der Waals surface area contributed by atoms with Gasteiger partial charge in [0.1, 0.15) is 18.3 Å². The van der Waals surface area contributed by atoms with Crippen LogP contribution in [0.25, 0.3) is 0 Å². The van der Waals surface area contributed by atoms with Gasteiger partial charge >= 0.3 is 0 Å². The van der Waals surface area contributed by atoms with Crippen molar-refractivity contribution in [3.63, 3.8) is 0 Å². The highest BCUT2D eigenvalue weighted by molar-refractivity contribution is 8.15. The first kappa shape index (κ1) is 10.2. The van der Waals surface area contributed by atoms with E-state index in [1.807, 2.05) is 13.8 Å². The van der Waals surface area contributed by atoms with Gasteiger partial charge < -0.3 is 18.8 Å². The Morgan fingerprint density at radius 1 is 1.73 bits per heavy atom. The van der Waals surface area contributed by atoms with Gasteiger partial charge in [0.15, 0.2) is 5.79 Å². The van der Waals surface area contributed by atoms with Crippen molar-refractivity contribution in [2.75, 3.05) is 6.61 Å². The van der Waals surface area contributed by atoms with Gasteiger partial charge in [0, 0.05) is 0 Å². The minimum absolute atomic E-state index is 0.240. The Bertz CT molecular complexity index is 299. The first-order chi connectivity index (χ1) is 7.53. The summed E-state index contributed by atoms with van der Waals surface area (Å²) in [6.45, 7) is 3.98. The SMILES string of the molecule is [3H][B]SOCC1=C[C@@H](O)[C@@H]2OC(C)(C)O[C@H]12. The van der Waals surface area contributed by atoms with Crippen LogP contribution >= 0.6 is 11.9 Å². The number of hydrogen-bond acceptors (Lipinski definition) is 5. The molecule has 0 aromatic carbocycles. The summed E-state index contributed by atoms with van der Waals surface area (Å²) >= 11 is 0.953. The zero-order chi connectivity index (χ0) is 11.8. The number of aliphatic hydroxyl groups excluding tert-OH is 1. The Hall–Kier alpha value is -0.00506. The summed E-state index contributed by atoms with van der Waals surface area (Å²) in [7, 11) is 1.11. The number of aliphatic hydroxyl groups is 1. The Kier molecular flexibility index (Phi) is 2.78. The summed E-state index contributed by atoms with van der Waals surface area (Å²) in [4.78, 5) is 0.